The summed E-state index contributed by atoms with van der Waals surface area (Å²) in [5.74, 6) is 0.428. The molecule has 0 saturated heterocycles. The van der Waals surface area contributed by atoms with Crippen molar-refractivity contribution in [3.8, 4) is 0 Å². The van der Waals surface area contributed by atoms with E-state index in [1.165, 1.54) is 22.9 Å². The van der Waals surface area contributed by atoms with E-state index in [0.29, 0.717) is 31.0 Å². The minimum atomic E-state index is -1.47. The first-order chi connectivity index (χ1) is 20.2. The molecule has 7 atom stereocenters. The van der Waals surface area contributed by atoms with Crippen molar-refractivity contribution in [2.75, 3.05) is 12.3 Å². The lowest BCUT2D eigenvalue weighted by molar-refractivity contribution is -0.177. The molecular formula is C33H37N5O3S. The van der Waals surface area contributed by atoms with Gasteiger partial charge in [-0.1, -0.05) is 43.3 Å². The molecule has 218 valence electrons. The Morgan fingerprint density at radius 1 is 1.21 bits per heavy atom. The maximum absolute atomic E-state index is 13.8. The van der Waals surface area contributed by atoms with Gasteiger partial charge in [-0.15, -0.1) is 0 Å². The van der Waals surface area contributed by atoms with Gasteiger partial charge in [0.2, 0.25) is 6.54 Å². The summed E-state index contributed by atoms with van der Waals surface area (Å²) < 4.78 is 1.95. The van der Waals surface area contributed by atoms with Crippen molar-refractivity contribution >= 4 is 34.7 Å². The first kappa shape index (κ1) is 27.8. The van der Waals surface area contributed by atoms with Crippen LogP contribution in [0.15, 0.2) is 47.3 Å². The Morgan fingerprint density at radius 2 is 2.02 bits per heavy atom. The van der Waals surface area contributed by atoms with Gasteiger partial charge in [-0.2, -0.15) is 5.10 Å². The van der Waals surface area contributed by atoms with Crippen molar-refractivity contribution in [1.82, 2.24) is 19.7 Å². The van der Waals surface area contributed by atoms with Crippen molar-refractivity contribution < 1.29 is 15.0 Å². The van der Waals surface area contributed by atoms with Gasteiger partial charge < -0.3 is 15.1 Å². The maximum atomic E-state index is 13.8. The van der Waals surface area contributed by atoms with E-state index in [2.05, 4.69) is 39.8 Å². The van der Waals surface area contributed by atoms with Gasteiger partial charge in [0.15, 0.2) is 5.78 Å². The van der Waals surface area contributed by atoms with Crippen molar-refractivity contribution in [1.29, 1.82) is 0 Å². The Morgan fingerprint density at radius 3 is 2.83 bits per heavy atom. The zero-order chi connectivity index (χ0) is 29.3. The highest BCUT2D eigenvalue weighted by molar-refractivity contribution is 7.99. The molecule has 2 aromatic heterocycles. The van der Waals surface area contributed by atoms with Crippen LogP contribution in [-0.2, 0) is 17.8 Å². The zero-order valence-corrected chi connectivity index (χ0v) is 25.0. The normalized spacial score (nSPS) is 35.0. The fourth-order valence-corrected chi connectivity index (χ4v) is 10.1. The number of nitrogens with zero attached hydrogens (tertiary/aromatic N) is 5. The Labute approximate surface area is 250 Å². The molecule has 2 N–H and O–H groups in total. The van der Waals surface area contributed by atoms with Gasteiger partial charge in [-0.05, 0) is 85.5 Å². The molecule has 2 heterocycles. The van der Waals surface area contributed by atoms with Crippen molar-refractivity contribution in [3.05, 3.63) is 64.9 Å². The number of para-hydroxylation sites is 2. The van der Waals surface area contributed by atoms with Crippen LogP contribution < -0.4 is 0 Å². The number of ketones is 1. The second-order valence-corrected chi connectivity index (χ2v) is 14.3. The Hall–Kier alpha value is -3.06. The maximum Gasteiger partial charge on any atom is 0.234 e. The summed E-state index contributed by atoms with van der Waals surface area (Å²) >= 11 is 1.33. The van der Waals surface area contributed by atoms with Crippen molar-refractivity contribution in [3.63, 3.8) is 0 Å². The number of carbonyl (C=O) groups is 1. The smallest absolute Gasteiger partial charge is 0.234 e. The number of hydrogen-bond donors (Lipinski definition) is 2. The molecule has 7 rings (SSSR count). The molecule has 1 aromatic carbocycles. The third kappa shape index (κ3) is 4.02. The molecule has 0 aliphatic heterocycles. The zero-order valence-electron chi connectivity index (χ0n) is 24.2. The summed E-state index contributed by atoms with van der Waals surface area (Å²) in [7, 11) is 0. The largest absolute Gasteiger partial charge is 0.393 e. The van der Waals surface area contributed by atoms with Gasteiger partial charge in [0, 0.05) is 5.41 Å². The molecule has 9 heteroatoms. The monoisotopic (exact) mass is 583 g/mol. The van der Waals surface area contributed by atoms with E-state index in [0.717, 1.165) is 42.4 Å². The Bertz CT molecular complexity index is 1650. The number of aromatic nitrogens is 4. The summed E-state index contributed by atoms with van der Waals surface area (Å²) in [6.07, 6.45) is 9.64. The summed E-state index contributed by atoms with van der Waals surface area (Å²) in [5, 5.41) is 29.3. The molecule has 0 spiro atoms. The predicted molar refractivity (Wildman–Crippen MR) is 161 cm³/mol. The van der Waals surface area contributed by atoms with Crippen LogP contribution >= 0.6 is 11.8 Å². The lowest BCUT2D eigenvalue weighted by Crippen LogP contribution is -2.62. The predicted octanol–water partition coefficient (Wildman–Crippen LogP) is 4.99. The molecule has 6 unspecified atom stereocenters. The van der Waals surface area contributed by atoms with Crippen LogP contribution in [0.2, 0.25) is 0 Å². The number of Topliss-reactive ketones (excluding diaryl/α,β-unsaturated/α-hetero) is 1. The van der Waals surface area contributed by atoms with Gasteiger partial charge in [-0.25, -0.2) is 11.6 Å². The van der Waals surface area contributed by atoms with Gasteiger partial charge in [0.25, 0.3) is 0 Å². The van der Waals surface area contributed by atoms with Crippen LogP contribution in [0.25, 0.3) is 22.0 Å². The van der Waals surface area contributed by atoms with Crippen LogP contribution in [0.3, 0.4) is 0 Å². The molecule has 3 saturated carbocycles. The van der Waals surface area contributed by atoms with E-state index in [1.54, 1.807) is 6.20 Å². The molecule has 0 amide bonds. The lowest BCUT2D eigenvalue weighted by Gasteiger charge is -2.60. The van der Waals surface area contributed by atoms with Crippen LogP contribution in [0.4, 0.5) is 0 Å². The van der Waals surface area contributed by atoms with E-state index in [9.17, 15) is 15.0 Å². The third-order valence-electron chi connectivity index (χ3n) is 11.3. The third-order valence-corrected chi connectivity index (χ3v) is 12.2. The van der Waals surface area contributed by atoms with Crippen LogP contribution in [0.1, 0.15) is 57.2 Å². The number of allylic oxidation sites excluding steroid dienone is 1. The summed E-state index contributed by atoms with van der Waals surface area (Å²) in [5.41, 5.74) is 2.90. The fraction of sp³-hybridized carbons (Fsp3) is 0.545. The number of hydrogen-bond acceptors (Lipinski definition) is 7. The lowest BCUT2D eigenvalue weighted by atomic mass is 9.45. The number of carbonyl (C=O) groups excluding carboxylic acids is 1. The van der Waals surface area contributed by atoms with Gasteiger partial charge in [0.05, 0.1) is 41.0 Å². The molecule has 4 aliphatic carbocycles. The van der Waals surface area contributed by atoms with E-state index in [4.69, 9.17) is 6.57 Å². The highest BCUT2D eigenvalue weighted by Crippen LogP contribution is 2.67. The number of fused-ring (bicyclic) bond motifs is 7. The highest BCUT2D eigenvalue weighted by atomic mass is 32.2. The van der Waals surface area contributed by atoms with E-state index >= 15 is 0 Å². The SMILES string of the molecule is [C-]#[N+]CCn1ncc2c1C=C1CCC3C(C(O)CC4(C)C3CC[C@]4(O)C(=O)CSc3cnc4ccccc4n3)C1(C)C2. The quantitative estimate of drug-likeness (QED) is 0.311. The summed E-state index contributed by atoms with van der Waals surface area (Å²) in [4.78, 5) is 26.4. The second-order valence-electron chi connectivity index (χ2n) is 13.3. The summed E-state index contributed by atoms with van der Waals surface area (Å²) in [6.45, 7) is 12.5. The van der Waals surface area contributed by atoms with Crippen LogP contribution in [-0.4, -0.2) is 59.7 Å². The minimum Gasteiger partial charge on any atom is -0.393 e. The standard InChI is InChI=1S/C33H37N5O3S/c1-31-15-20-17-36-38(13-12-34-3)26(20)14-21(31)8-9-22-23-10-11-33(41,32(23,2)16-27(39)30(22)31)28(40)19-42-29-18-35-24-6-4-5-7-25(24)37-29/h4-7,14,17-18,22-23,27,30,39,41H,8-13,15-16,19H2,1-2H3/t22?,23?,27?,30?,31?,32?,33-/m0/s1. The number of aliphatic hydroxyl groups is 2. The molecular weight excluding hydrogens is 546 g/mol. The number of aliphatic hydroxyl groups excluding tert-OH is 1. The average molecular weight is 584 g/mol. The molecule has 8 nitrogen and oxygen atoms in total. The van der Waals surface area contributed by atoms with Crippen molar-refractivity contribution in [2.24, 2.45) is 28.6 Å². The van der Waals surface area contributed by atoms with Crippen LogP contribution in [0, 0.1) is 35.2 Å². The number of rotatable bonds is 6. The Balaban J connectivity index is 1.12. The fourth-order valence-electron chi connectivity index (χ4n) is 9.29. The first-order valence-corrected chi connectivity index (χ1v) is 16.0. The molecule has 3 aromatic rings. The topological polar surface area (TPSA) is 105 Å². The minimum absolute atomic E-state index is 0.0648. The highest BCUT2D eigenvalue weighted by Gasteiger charge is 2.68. The molecule has 3 fully saturated rings. The van der Waals surface area contributed by atoms with E-state index in [-0.39, 0.29) is 34.7 Å². The molecule has 4 aliphatic rings. The molecule has 42 heavy (non-hydrogen) atoms. The second kappa shape index (κ2) is 10.0. The van der Waals surface area contributed by atoms with Crippen molar-refractivity contribution in [2.45, 2.75) is 75.6 Å². The summed E-state index contributed by atoms with van der Waals surface area (Å²) in [6, 6.07) is 7.66. The number of thioether (sulfide) groups is 1. The molecule has 0 bridgehead atoms. The average Bonchev–Trinajstić information content (AvgIpc) is 3.49. The first-order valence-electron chi connectivity index (χ1n) is 15.1. The van der Waals surface area contributed by atoms with Gasteiger partial charge in [0.1, 0.15) is 17.2 Å². The number of benzene rings is 1. The van der Waals surface area contributed by atoms with Gasteiger partial charge in [-0.3, -0.25) is 14.5 Å². The van der Waals surface area contributed by atoms with E-state index in [1.807, 2.05) is 35.1 Å². The molecule has 0 radical (unpaired) electrons. The van der Waals surface area contributed by atoms with E-state index < -0.39 is 17.1 Å². The van der Waals surface area contributed by atoms with Crippen LogP contribution in [0.5, 0.6) is 0 Å². The Kier molecular flexibility index (Phi) is 6.61. The van der Waals surface area contributed by atoms with Gasteiger partial charge >= 0.3 is 0 Å².